The number of nitrogens with one attached hydrogen (secondary N) is 2. The lowest BCUT2D eigenvalue weighted by atomic mass is 9.79. The van der Waals surface area contributed by atoms with E-state index in [0.717, 1.165) is 49.2 Å². The van der Waals surface area contributed by atoms with Crippen LogP contribution in [0, 0.1) is 11.2 Å². The van der Waals surface area contributed by atoms with E-state index in [1.807, 2.05) is 12.1 Å². The number of likely N-dealkylation sites (tertiary alicyclic amines) is 1. The number of hydrogen-bond acceptors (Lipinski definition) is 6. The van der Waals surface area contributed by atoms with Gasteiger partial charge in [0.05, 0.1) is 21.9 Å². The molecule has 2 N–H and O–H groups in total. The van der Waals surface area contributed by atoms with Crippen molar-refractivity contribution >= 4 is 67.2 Å². The smallest absolute Gasteiger partial charge is 0.248 e. The van der Waals surface area contributed by atoms with Gasteiger partial charge in [0.1, 0.15) is 18.0 Å². The van der Waals surface area contributed by atoms with E-state index in [-0.39, 0.29) is 16.3 Å². The Hall–Kier alpha value is -2.75. The zero-order valence-electron chi connectivity index (χ0n) is 20.6. The van der Waals surface area contributed by atoms with Gasteiger partial charge >= 0.3 is 0 Å². The van der Waals surface area contributed by atoms with Gasteiger partial charge in [-0.1, -0.05) is 33.6 Å². The summed E-state index contributed by atoms with van der Waals surface area (Å²) in [6.07, 6.45) is 8.28. The van der Waals surface area contributed by atoms with Gasteiger partial charge in [0.2, 0.25) is 5.91 Å². The van der Waals surface area contributed by atoms with Crippen LogP contribution in [0.15, 0.2) is 48.8 Å². The third-order valence-electron chi connectivity index (χ3n) is 7.18. The average molecular weight is 588 g/mol. The van der Waals surface area contributed by atoms with Gasteiger partial charge in [0.25, 0.3) is 0 Å². The average Bonchev–Trinajstić information content (AvgIpc) is 3.24. The highest BCUT2D eigenvalue weighted by Gasteiger charge is 2.40. The Balaban J connectivity index is 1.54. The van der Waals surface area contributed by atoms with E-state index < -0.39 is 5.82 Å². The number of piperidine rings is 1. The Morgan fingerprint density at radius 3 is 2.84 bits per heavy atom. The van der Waals surface area contributed by atoms with Gasteiger partial charge in [-0.25, -0.2) is 14.4 Å². The fourth-order valence-electron chi connectivity index (χ4n) is 5.50. The first-order valence-corrected chi connectivity index (χ1v) is 13.8. The van der Waals surface area contributed by atoms with E-state index in [9.17, 15) is 9.18 Å². The second-order valence-electron chi connectivity index (χ2n) is 9.92. The van der Waals surface area contributed by atoms with Crippen molar-refractivity contribution in [1.82, 2.24) is 14.9 Å². The van der Waals surface area contributed by atoms with Gasteiger partial charge in [-0.2, -0.15) is 0 Å². The van der Waals surface area contributed by atoms with Crippen LogP contribution in [-0.4, -0.2) is 59.3 Å². The molecule has 1 atom stereocenters. The summed E-state index contributed by atoms with van der Waals surface area (Å²) in [5.41, 5.74) is 3.27. The van der Waals surface area contributed by atoms with E-state index in [1.165, 1.54) is 37.4 Å². The summed E-state index contributed by atoms with van der Waals surface area (Å²) in [5.74, 6) is -0.152. The Morgan fingerprint density at radius 1 is 1.22 bits per heavy atom. The highest BCUT2D eigenvalue weighted by molar-refractivity contribution is 9.09. The lowest BCUT2D eigenvalue weighted by Gasteiger charge is -2.42. The van der Waals surface area contributed by atoms with Gasteiger partial charge in [0, 0.05) is 47.5 Å². The summed E-state index contributed by atoms with van der Waals surface area (Å²) in [6, 6.07) is 8.36. The maximum atomic E-state index is 13.7. The Kier molecular flexibility index (Phi) is 7.65. The molecule has 0 aliphatic carbocycles. The number of fused-ring (bicyclic) bond motifs is 1. The van der Waals surface area contributed by atoms with E-state index in [2.05, 4.69) is 53.4 Å². The van der Waals surface area contributed by atoms with E-state index in [4.69, 9.17) is 11.6 Å². The third kappa shape index (κ3) is 5.73. The molecular weight excluding hydrogens is 559 g/mol. The lowest BCUT2D eigenvalue weighted by molar-refractivity contribution is -0.111. The number of carbonyl (C=O) groups excluding carboxylic acids is 1. The molecular formula is C27H29BrClFN6O. The van der Waals surface area contributed by atoms with Crippen LogP contribution < -0.4 is 15.5 Å². The Labute approximate surface area is 229 Å². The molecule has 0 bridgehead atoms. The molecule has 0 saturated carbocycles. The molecule has 10 heteroatoms. The number of amides is 1. The van der Waals surface area contributed by atoms with E-state index in [1.54, 1.807) is 12.1 Å². The molecule has 2 saturated heterocycles. The van der Waals surface area contributed by atoms with Crippen LogP contribution in [0.5, 0.6) is 0 Å². The van der Waals surface area contributed by atoms with Crippen LogP contribution in [-0.2, 0) is 4.79 Å². The Morgan fingerprint density at radius 2 is 2.08 bits per heavy atom. The van der Waals surface area contributed by atoms with Crippen molar-refractivity contribution < 1.29 is 9.18 Å². The van der Waals surface area contributed by atoms with E-state index >= 15 is 0 Å². The topological polar surface area (TPSA) is 73.4 Å². The summed E-state index contributed by atoms with van der Waals surface area (Å²) in [5, 5.41) is 7.65. The molecule has 2 aromatic carbocycles. The normalized spacial score (nSPS) is 20.3. The molecule has 1 spiro atoms. The fraction of sp³-hybridized carbons (Fsp3) is 0.370. The molecule has 3 heterocycles. The minimum Gasteiger partial charge on any atom is -0.369 e. The Bertz CT molecular complexity index is 1350. The quantitative estimate of drug-likeness (QED) is 0.273. The van der Waals surface area contributed by atoms with Crippen molar-refractivity contribution in [2.75, 3.05) is 54.1 Å². The van der Waals surface area contributed by atoms with Crippen LogP contribution in [0.1, 0.15) is 19.3 Å². The molecule has 5 rings (SSSR count). The van der Waals surface area contributed by atoms with Crippen molar-refractivity contribution in [2.24, 2.45) is 5.41 Å². The predicted octanol–water partition coefficient (Wildman–Crippen LogP) is 5.98. The maximum absolute atomic E-state index is 13.7. The summed E-state index contributed by atoms with van der Waals surface area (Å²) < 4.78 is 13.7. The number of nitrogens with zero attached hydrogens (tertiary/aromatic N) is 4. The molecule has 2 fully saturated rings. The zero-order valence-corrected chi connectivity index (χ0v) is 22.9. The SMILES string of the molecule is CN1CCC2(CCCN(c3cc4ncnc(Nc5ccc(F)c(Cl)c5)c4cc3NC(=O)/C=C/CBr)C2)C1. The molecule has 1 aromatic heterocycles. The zero-order chi connectivity index (χ0) is 26.0. The molecule has 7 nitrogen and oxygen atoms in total. The molecule has 194 valence electrons. The number of anilines is 4. The van der Waals surface area contributed by atoms with Crippen molar-refractivity contribution in [2.45, 2.75) is 19.3 Å². The third-order valence-corrected chi connectivity index (χ3v) is 7.85. The molecule has 2 aliphatic rings. The van der Waals surface area contributed by atoms with Crippen molar-refractivity contribution in [3.8, 4) is 0 Å². The highest BCUT2D eigenvalue weighted by Crippen LogP contribution is 2.42. The largest absolute Gasteiger partial charge is 0.369 e. The predicted molar refractivity (Wildman–Crippen MR) is 152 cm³/mol. The van der Waals surface area contributed by atoms with E-state index in [0.29, 0.717) is 22.5 Å². The van der Waals surface area contributed by atoms with Crippen molar-refractivity contribution in [3.05, 3.63) is 59.7 Å². The van der Waals surface area contributed by atoms with Crippen LogP contribution in [0.2, 0.25) is 5.02 Å². The lowest BCUT2D eigenvalue weighted by Crippen LogP contribution is -2.45. The minimum absolute atomic E-state index is 0.0220. The van der Waals surface area contributed by atoms with Gasteiger partial charge in [-0.3, -0.25) is 4.79 Å². The molecule has 3 aromatic rings. The van der Waals surface area contributed by atoms with Crippen LogP contribution >= 0.6 is 27.5 Å². The van der Waals surface area contributed by atoms with Gasteiger partial charge in [-0.05, 0) is 63.2 Å². The second-order valence-corrected chi connectivity index (χ2v) is 11.0. The molecule has 2 aliphatic heterocycles. The van der Waals surface area contributed by atoms with Crippen molar-refractivity contribution in [1.29, 1.82) is 0 Å². The number of benzene rings is 2. The highest BCUT2D eigenvalue weighted by atomic mass is 79.9. The summed E-state index contributed by atoms with van der Waals surface area (Å²) in [6.45, 7) is 4.06. The number of halogens is 3. The van der Waals surface area contributed by atoms with Crippen LogP contribution in [0.25, 0.3) is 10.9 Å². The van der Waals surface area contributed by atoms with Crippen LogP contribution in [0.4, 0.5) is 27.3 Å². The standard InChI is InChI=1S/C27H29BrClFN6O/c1-35-11-8-27(15-35)7-3-10-36(16-27)24-14-22-19(13-23(24)34-25(37)4-2-9-28)26(32-17-31-22)33-18-5-6-21(30)20(29)12-18/h2,4-6,12-14,17H,3,7-11,15-16H2,1H3,(H,34,37)(H,31,32,33)/b4-2+. The number of hydrogen-bond donors (Lipinski definition) is 2. The first kappa shape index (κ1) is 25.9. The van der Waals surface area contributed by atoms with Crippen LogP contribution in [0.3, 0.4) is 0 Å². The van der Waals surface area contributed by atoms with Gasteiger partial charge in [0.15, 0.2) is 0 Å². The number of allylic oxidation sites excluding steroid dienone is 1. The fourth-order valence-corrected chi connectivity index (χ4v) is 5.86. The molecule has 1 unspecified atom stereocenters. The summed E-state index contributed by atoms with van der Waals surface area (Å²) >= 11 is 9.30. The van der Waals surface area contributed by atoms with Gasteiger partial charge in [-0.15, -0.1) is 0 Å². The van der Waals surface area contributed by atoms with Crippen molar-refractivity contribution in [3.63, 3.8) is 0 Å². The second kappa shape index (κ2) is 10.9. The monoisotopic (exact) mass is 586 g/mol. The molecule has 37 heavy (non-hydrogen) atoms. The molecule has 1 amide bonds. The molecule has 0 radical (unpaired) electrons. The maximum Gasteiger partial charge on any atom is 0.248 e. The first-order valence-electron chi connectivity index (χ1n) is 12.3. The number of aromatic nitrogens is 2. The minimum atomic E-state index is -0.487. The van der Waals surface area contributed by atoms with Gasteiger partial charge < -0.3 is 20.4 Å². The number of carbonyl (C=O) groups is 1. The number of rotatable bonds is 6. The summed E-state index contributed by atoms with van der Waals surface area (Å²) in [7, 11) is 2.19. The number of alkyl halides is 1. The summed E-state index contributed by atoms with van der Waals surface area (Å²) in [4.78, 5) is 26.5. The first-order chi connectivity index (χ1) is 17.9.